The van der Waals surface area contributed by atoms with Crippen LogP contribution in [0.4, 0.5) is 11.4 Å². The third-order valence-electron chi connectivity index (χ3n) is 5.41. The second-order valence-corrected chi connectivity index (χ2v) is 8.42. The van der Waals surface area contributed by atoms with Gasteiger partial charge in [-0.15, -0.1) is 0 Å². The molecule has 2 aromatic heterocycles. The molecule has 4 rings (SSSR count). The standard InChI is InChI=1S/C24H27ClN4O4/c1-13-10-18-20(24(30)27-13)22(28-17-7-5-6-16(25)23(17)32-4)21(29-18)15-8-9-26-11-19(15)33-14(2)12-31-3/h5-9,11,13-14,28-29H,10,12H2,1-4H3,(H,27,30)/t13-,14?/m1/s1. The molecule has 1 aliphatic rings. The Morgan fingerprint density at radius 2 is 2.12 bits per heavy atom. The summed E-state index contributed by atoms with van der Waals surface area (Å²) in [6.45, 7) is 4.33. The van der Waals surface area contributed by atoms with E-state index in [1.54, 1.807) is 32.7 Å². The Bertz CT molecular complexity index is 1160. The molecule has 3 N–H and O–H groups in total. The number of carbonyl (C=O) groups is 1. The van der Waals surface area contributed by atoms with E-state index in [-0.39, 0.29) is 18.1 Å². The Balaban J connectivity index is 1.86. The molecule has 0 spiro atoms. The van der Waals surface area contributed by atoms with Crippen LogP contribution < -0.4 is 20.1 Å². The first-order valence-electron chi connectivity index (χ1n) is 10.7. The Hall–Kier alpha value is -3.23. The number of hydrogen-bond donors (Lipinski definition) is 3. The molecule has 9 heteroatoms. The quantitative estimate of drug-likeness (QED) is 0.446. The number of aromatic nitrogens is 2. The molecule has 0 bridgehead atoms. The van der Waals surface area contributed by atoms with Gasteiger partial charge >= 0.3 is 0 Å². The lowest BCUT2D eigenvalue weighted by molar-refractivity contribution is 0.0921. The van der Waals surface area contributed by atoms with Crippen molar-refractivity contribution in [3.63, 3.8) is 0 Å². The lowest BCUT2D eigenvalue weighted by Gasteiger charge is -2.21. The molecule has 3 heterocycles. The number of anilines is 2. The summed E-state index contributed by atoms with van der Waals surface area (Å²) in [5, 5.41) is 6.87. The summed E-state index contributed by atoms with van der Waals surface area (Å²) in [6.07, 6.45) is 3.84. The van der Waals surface area contributed by atoms with Crippen LogP contribution in [0.1, 0.15) is 29.9 Å². The van der Waals surface area contributed by atoms with Crippen LogP contribution in [0.3, 0.4) is 0 Å². The van der Waals surface area contributed by atoms with Gasteiger partial charge in [0, 0.05) is 37.0 Å². The molecule has 2 atom stereocenters. The zero-order chi connectivity index (χ0) is 23.5. The number of hydrogen-bond acceptors (Lipinski definition) is 6. The zero-order valence-electron chi connectivity index (χ0n) is 19.0. The SMILES string of the molecule is COCC(C)Oc1cnccc1-c1[nH]c2c(c1Nc1cccc(Cl)c1OC)C(=O)N[C@H](C)C2. The topological polar surface area (TPSA) is 97.5 Å². The van der Waals surface area contributed by atoms with Crippen LogP contribution in [0.2, 0.25) is 5.02 Å². The van der Waals surface area contributed by atoms with Gasteiger partial charge in [-0.2, -0.15) is 0 Å². The van der Waals surface area contributed by atoms with Gasteiger partial charge in [-0.05, 0) is 32.0 Å². The number of benzene rings is 1. The summed E-state index contributed by atoms with van der Waals surface area (Å²) >= 11 is 6.34. The molecule has 0 saturated heterocycles. The fourth-order valence-corrected chi connectivity index (χ4v) is 4.30. The van der Waals surface area contributed by atoms with E-state index >= 15 is 0 Å². The molecule has 174 valence electrons. The maximum Gasteiger partial charge on any atom is 0.255 e. The van der Waals surface area contributed by atoms with Crippen LogP contribution in [0, 0.1) is 0 Å². The summed E-state index contributed by atoms with van der Waals surface area (Å²) in [6, 6.07) is 7.29. The molecule has 3 aromatic rings. The van der Waals surface area contributed by atoms with Crippen molar-refractivity contribution in [2.45, 2.75) is 32.4 Å². The first-order valence-corrected chi connectivity index (χ1v) is 11.1. The largest absolute Gasteiger partial charge is 0.493 e. The third kappa shape index (κ3) is 4.62. The predicted molar refractivity (Wildman–Crippen MR) is 128 cm³/mol. The van der Waals surface area contributed by atoms with E-state index in [2.05, 4.69) is 20.6 Å². The zero-order valence-corrected chi connectivity index (χ0v) is 19.7. The smallest absolute Gasteiger partial charge is 0.255 e. The predicted octanol–water partition coefficient (Wildman–Crippen LogP) is 4.57. The van der Waals surface area contributed by atoms with Crippen molar-refractivity contribution < 1.29 is 19.0 Å². The van der Waals surface area contributed by atoms with Gasteiger partial charge in [0.25, 0.3) is 5.91 Å². The second-order valence-electron chi connectivity index (χ2n) is 8.01. The molecule has 33 heavy (non-hydrogen) atoms. The molecule has 0 saturated carbocycles. The number of fused-ring (bicyclic) bond motifs is 1. The normalized spacial score (nSPS) is 16.0. The van der Waals surface area contributed by atoms with Gasteiger partial charge in [-0.25, -0.2) is 0 Å². The molecule has 1 amide bonds. The van der Waals surface area contributed by atoms with E-state index in [0.29, 0.717) is 52.2 Å². The summed E-state index contributed by atoms with van der Waals surface area (Å²) in [5.41, 5.74) is 4.14. The lowest BCUT2D eigenvalue weighted by Crippen LogP contribution is -2.39. The minimum atomic E-state index is -0.185. The Kier molecular flexibility index (Phi) is 6.76. The summed E-state index contributed by atoms with van der Waals surface area (Å²) < 4.78 is 16.8. The summed E-state index contributed by atoms with van der Waals surface area (Å²) in [5.74, 6) is 0.916. The number of pyridine rings is 1. The molecule has 1 aliphatic heterocycles. The maximum atomic E-state index is 13.0. The number of rotatable bonds is 8. The molecule has 1 unspecified atom stereocenters. The van der Waals surface area contributed by atoms with Crippen LogP contribution in [-0.2, 0) is 11.2 Å². The number of nitrogens with zero attached hydrogens (tertiary/aromatic N) is 1. The van der Waals surface area contributed by atoms with E-state index in [4.69, 9.17) is 25.8 Å². The molecule has 0 fully saturated rings. The number of amides is 1. The van der Waals surface area contributed by atoms with Crippen LogP contribution in [0.15, 0.2) is 36.7 Å². The van der Waals surface area contributed by atoms with Gasteiger partial charge in [0.1, 0.15) is 11.9 Å². The van der Waals surface area contributed by atoms with E-state index in [1.165, 1.54) is 0 Å². The van der Waals surface area contributed by atoms with Crippen molar-refractivity contribution in [3.8, 4) is 22.8 Å². The minimum absolute atomic E-state index is 0.0138. The number of halogens is 1. The highest BCUT2D eigenvalue weighted by molar-refractivity contribution is 6.32. The molecule has 1 aromatic carbocycles. The summed E-state index contributed by atoms with van der Waals surface area (Å²) in [4.78, 5) is 20.7. The Morgan fingerprint density at radius 3 is 2.88 bits per heavy atom. The maximum absolute atomic E-state index is 13.0. The van der Waals surface area contributed by atoms with Crippen molar-refractivity contribution in [2.24, 2.45) is 0 Å². The number of aromatic amines is 1. The Morgan fingerprint density at radius 1 is 1.30 bits per heavy atom. The van der Waals surface area contributed by atoms with Crippen molar-refractivity contribution in [1.82, 2.24) is 15.3 Å². The van der Waals surface area contributed by atoms with E-state index < -0.39 is 0 Å². The van der Waals surface area contributed by atoms with Crippen molar-refractivity contribution >= 4 is 28.9 Å². The minimum Gasteiger partial charge on any atom is -0.493 e. The van der Waals surface area contributed by atoms with Gasteiger partial charge in [0.2, 0.25) is 0 Å². The third-order valence-corrected chi connectivity index (χ3v) is 5.70. The van der Waals surface area contributed by atoms with Gasteiger partial charge in [0.05, 0.1) is 47.6 Å². The Labute approximate surface area is 197 Å². The van der Waals surface area contributed by atoms with Crippen molar-refractivity contribution in [3.05, 3.63) is 52.9 Å². The second kappa shape index (κ2) is 9.72. The van der Waals surface area contributed by atoms with Gasteiger partial charge in [-0.1, -0.05) is 17.7 Å². The number of methoxy groups -OCH3 is 2. The van der Waals surface area contributed by atoms with Crippen LogP contribution in [0.5, 0.6) is 11.5 Å². The average Bonchev–Trinajstić information content (AvgIpc) is 3.12. The fourth-order valence-electron chi connectivity index (χ4n) is 4.05. The van der Waals surface area contributed by atoms with Gasteiger partial charge in [-0.3, -0.25) is 9.78 Å². The first-order chi connectivity index (χ1) is 15.9. The molecular formula is C24H27ClN4O4. The molecular weight excluding hydrogens is 444 g/mol. The highest BCUT2D eigenvalue weighted by Crippen LogP contribution is 2.43. The fraction of sp³-hybridized carbons (Fsp3) is 0.333. The molecule has 0 aliphatic carbocycles. The number of nitrogens with one attached hydrogen (secondary N) is 3. The molecule has 0 radical (unpaired) electrons. The molecule has 8 nitrogen and oxygen atoms in total. The van der Waals surface area contributed by atoms with E-state index in [0.717, 1.165) is 11.3 Å². The number of ether oxygens (including phenoxy) is 3. The number of H-pyrrole nitrogens is 1. The van der Waals surface area contributed by atoms with Crippen LogP contribution >= 0.6 is 11.6 Å². The first kappa shape index (κ1) is 22.9. The van der Waals surface area contributed by atoms with Crippen molar-refractivity contribution in [1.29, 1.82) is 0 Å². The van der Waals surface area contributed by atoms with E-state index in [1.807, 2.05) is 32.0 Å². The van der Waals surface area contributed by atoms with Gasteiger partial charge < -0.3 is 29.8 Å². The van der Waals surface area contributed by atoms with E-state index in [9.17, 15) is 4.79 Å². The van der Waals surface area contributed by atoms with Crippen LogP contribution in [-0.4, -0.2) is 48.8 Å². The van der Waals surface area contributed by atoms with Gasteiger partial charge in [0.15, 0.2) is 5.75 Å². The average molecular weight is 471 g/mol. The number of carbonyl (C=O) groups excluding carboxylic acids is 1. The summed E-state index contributed by atoms with van der Waals surface area (Å²) in [7, 11) is 3.18. The lowest BCUT2D eigenvalue weighted by atomic mass is 10.0. The monoisotopic (exact) mass is 470 g/mol. The van der Waals surface area contributed by atoms with Crippen molar-refractivity contribution in [2.75, 3.05) is 26.1 Å². The highest BCUT2D eigenvalue weighted by Gasteiger charge is 2.31. The number of para-hydroxylation sites is 1. The van der Waals surface area contributed by atoms with Crippen LogP contribution in [0.25, 0.3) is 11.3 Å². The highest BCUT2D eigenvalue weighted by atomic mass is 35.5.